The summed E-state index contributed by atoms with van der Waals surface area (Å²) in [4.78, 5) is 14.3. The molecule has 0 saturated carbocycles. The van der Waals surface area contributed by atoms with Crippen molar-refractivity contribution in [3.05, 3.63) is 303 Å². The number of hydrogen-bond acceptors (Lipinski definition) is 6. The molecule has 0 N–H and O–H groups in total. The van der Waals surface area contributed by atoms with E-state index in [9.17, 15) is 0 Å². The Labute approximate surface area is 495 Å². The molecule has 17 aromatic rings. The van der Waals surface area contributed by atoms with Gasteiger partial charge in [-0.1, -0.05) is 170 Å². The van der Waals surface area contributed by atoms with Gasteiger partial charge in [0.15, 0.2) is 11.2 Å². The summed E-state index contributed by atoms with van der Waals surface area (Å²) in [6, 6.07) is 109. The smallest absolute Gasteiger partial charge is 0.227 e. The van der Waals surface area contributed by atoms with Crippen molar-refractivity contribution in [3.63, 3.8) is 0 Å². The Hall–Kier alpha value is -11.6. The van der Waals surface area contributed by atoms with E-state index in [1.807, 2.05) is 48.5 Å². The fourth-order valence-electron chi connectivity index (χ4n) is 12.9. The van der Waals surface area contributed by atoms with E-state index in [4.69, 9.17) is 18.8 Å². The number of benzene rings is 15. The molecule has 0 saturated heterocycles. The van der Waals surface area contributed by atoms with Gasteiger partial charge in [-0.3, -0.25) is 0 Å². The van der Waals surface area contributed by atoms with Gasteiger partial charge >= 0.3 is 0 Å². The molecule has 0 aliphatic rings. The first-order valence-corrected chi connectivity index (χ1v) is 29.1. The molecule has 402 valence electrons. The largest absolute Gasteiger partial charge is 0.436 e. The standard InChI is InChI=1S/C80H50N4O2/c1-3-15-65-55(13-1)49-73(71-19-7-5-17-69(65)71)51-27-35-59(36-28-51)83(61-39-31-53(32-40-61)79-81-75-21-9-11-23-77(75)85-79)63-43-45-67-57(47-63)25-26-58-48-64(44-46-68(58)67)84(62-41-33-54(34-42-62)80-82-76-22-10-12-24-78(76)86-80)60-37-29-52(30-38-60)74-50-56-14-2-4-16-66(56)70-18-6-8-20-72(70)74/h1-50H. The highest BCUT2D eigenvalue weighted by Crippen LogP contribution is 2.44. The average molecular weight is 1100 g/mol. The van der Waals surface area contributed by atoms with Crippen LogP contribution in [0.2, 0.25) is 0 Å². The third-order valence-electron chi connectivity index (χ3n) is 17.1. The predicted octanol–water partition coefficient (Wildman–Crippen LogP) is 22.5. The second-order valence-electron chi connectivity index (χ2n) is 22.1. The van der Waals surface area contributed by atoms with Gasteiger partial charge in [-0.05, 0) is 220 Å². The fourth-order valence-corrected chi connectivity index (χ4v) is 12.9. The van der Waals surface area contributed by atoms with Crippen LogP contribution in [0.15, 0.2) is 312 Å². The Morgan fingerprint density at radius 3 is 0.919 bits per heavy atom. The Morgan fingerprint density at radius 2 is 0.523 bits per heavy atom. The molecule has 0 unspecified atom stereocenters. The third-order valence-corrected chi connectivity index (χ3v) is 17.1. The van der Waals surface area contributed by atoms with Crippen LogP contribution in [0.4, 0.5) is 34.1 Å². The molecule has 0 radical (unpaired) electrons. The van der Waals surface area contributed by atoms with Crippen LogP contribution in [-0.2, 0) is 0 Å². The molecule has 0 bridgehead atoms. The summed E-state index contributed by atoms with van der Waals surface area (Å²) in [5.41, 5.74) is 16.0. The van der Waals surface area contributed by atoms with Gasteiger partial charge in [0.25, 0.3) is 0 Å². The van der Waals surface area contributed by atoms with Crippen LogP contribution in [0.5, 0.6) is 0 Å². The number of anilines is 6. The molecule has 0 spiro atoms. The van der Waals surface area contributed by atoms with Gasteiger partial charge in [-0.2, -0.15) is 0 Å². The Morgan fingerprint density at radius 1 is 0.221 bits per heavy atom. The van der Waals surface area contributed by atoms with Crippen molar-refractivity contribution < 1.29 is 8.83 Å². The molecule has 0 atom stereocenters. The SMILES string of the molecule is c1ccc2c(c1)cc(-c1ccc(N(c3ccc(-c4nc5ccccc5o4)cc3)c3ccc4c(ccc5cc(N(c6ccc(-c7nc8ccccc8o7)cc6)c6ccc(-c7cc8ccccc8c8ccccc78)cc6)ccc54)c3)cc1)c1ccccc12. The molecule has 6 heteroatoms. The summed E-state index contributed by atoms with van der Waals surface area (Å²) in [6.07, 6.45) is 0. The maximum atomic E-state index is 6.22. The van der Waals surface area contributed by atoms with Gasteiger partial charge < -0.3 is 18.6 Å². The van der Waals surface area contributed by atoms with Crippen molar-refractivity contribution in [1.82, 2.24) is 9.97 Å². The Kier molecular flexibility index (Phi) is 11.5. The lowest BCUT2D eigenvalue weighted by molar-refractivity contribution is 0.619. The van der Waals surface area contributed by atoms with E-state index in [1.165, 1.54) is 65.0 Å². The highest BCUT2D eigenvalue weighted by atomic mass is 16.4. The van der Waals surface area contributed by atoms with E-state index < -0.39 is 0 Å². The van der Waals surface area contributed by atoms with Gasteiger partial charge in [-0.15, -0.1) is 0 Å². The fraction of sp³-hybridized carbons (Fsp3) is 0. The summed E-state index contributed by atoms with van der Waals surface area (Å²) in [5.74, 6) is 1.19. The monoisotopic (exact) mass is 1100 g/mol. The van der Waals surface area contributed by atoms with E-state index >= 15 is 0 Å². The minimum atomic E-state index is 0.596. The van der Waals surface area contributed by atoms with Crippen molar-refractivity contribution in [1.29, 1.82) is 0 Å². The van der Waals surface area contributed by atoms with E-state index in [0.29, 0.717) is 11.8 Å². The number of para-hydroxylation sites is 4. The van der Waals surface area contributed by atoms with Gasteiger partial charge in [-0.25, -0.2) is 9.97 Å². The summed E-state index contributed by atoms with van der Waals surface area (Å²) in [5, 5.41) is 14.6. The van der Waals surface area contributed by atoms with E-state index in [2.05, 4.69) is 265 Å². The Bertz CT molecular complexity index is 5070. The summed E-state index contributed by atoms with van der Waals surface area (Å²) < 4.78 is 12.4. The van der Waals surface area contributed by atoms with Crippen LogP contribution in [-0.4, -0.2) is 9.97 Å². The molecular formula is C80H50N4O2. The van der Waals surface area contributed by atoms with Gasteiger partial charge in [0.1, 0.15) is 11.0 Å². The van der Waals surface area contributed by atoms with Crippen LogP contribution in [0, 0.1) is 0 Å². The van der Waals surface area contributed by atoms with Crippen LogP contribution in [0.1, 0.15) is 0 Å². The average Bonchev–Trinajstić information content (AvgIpc) is 2.41. The number of hydrogen-bond donors (Lipinski definition) is 0. The van der Waals surface area contributed by atoms with Gasteiger partial charge in [0.2, 0.25) is 11.8 Å². The minimum Gasteiger partial charge on any atom is -0.436 e. The quantitative estimate of drug-likeness (QED) is 0.127. The molecular weight excluding hydrogens is 1050 g/mol. The molecule has 0 amide bonds. The normalized spacial score (nSPS) is 11.7. The zero-order valence-corrected chi connectivity index (χ0v) is 46.5. The van der Waals surface area contributed by atoms with Crippen LogP contribution in [0.25, 0.3) is 132 Å². The topological polar surface area (TPSA) is 58.5 Å². The summed E-state index contributed by atoms with van der Waals surface area (Å²) in [6.45, 7) is 0. The molecule has 0 aliphatic carbocycles. The maximum Gasteiger partial charge on any atom is 0.227 e. The minimum absolute atomic E-state index is 0.596. The first-order valence-electron chi connectivity index (χ1n) is 29.1. The first-order chi connectivity index (χ1) is 42.6. The first kappa shape index (κ1) is 49.0. The maximum absolute atomic E-state index is 6.22. The molecule has 86 heavy (non-hydrogen) atoms. The van der Waals surface area contributed by atoms with Gasteiger partial charge in [0.05, 0.1) is 0 Å². The molecule has 0 fully saturated rings. The van der Waals surface area contributed by atoms with E-state index in [-0.39, 0.29) is 0 Å². The second-order valence-corrected chi connectivity index (χ2v) is 22.1. The molecule has 2 aromatic heterocycles. The van der Waals surface area contributed by atoms with Crippen LogP contribution in [0.3, 0.4) is 0 Å². The lowest BCUT2D eigenvalue weighted by atomic mass is 9.93. The Balaban J connectivity index is 0.753. The van der Waals surface area contributed by atoms with Crippen molar-refractivity contribution in [2.45, 2.75) is 0 Å². The zero-order chi connectivity index (χ0) is 56.7. The van der Waals surface area contributed by atoms with E-state index in [1.54, 1.807) is 0 Å². The van der Waals surface area contributed by atoms with Crippen molar-refractivity contribution >= 4 is 121 Å². The molecule has 6 nitrogen and oxygen atoms in total. The van der Waals surface area contributed by atoms with Crippen molar-refractivity contribution in [2.24, 2.45) is 0 Å². The molecule has 15 aromatic carbocycles. The molecule has 2 heterocycles. The lowest BCUT2D eigenvalue weighted by Gasteiger charge is -2.27. The highest BCUT2D eigenvalue weighted by molar-refractivity contribution is 6.15. The third kappa shape index (κ3) is 8.42. The van der Waals surface area contributed by atoms with Crippen molar-refractivity contribution in [2.75, 3.05) is 9.80 Å². The van der Waals surface area contributed by atoms with Crippen molar-refractivity contribution in [3.8, 4) is 45.2 Å². The lowest BCUT2D eigenvalue weighted by Crippen LogP contribution is -2.10. The number of rotatable bonds is 10. The van der Waals surface area contributed by atoms with E-state index in [0.717, 1.165) is 89.4 Å². The van der Waals surface area contributed by atoms with Gasteiger partial charge in [0, 0.05) is 45.3 Å². The highest BCUT2D eigenvalue weighted by Gasteiger charge is 2.20. The zero-order valence-electron chi connectivity index (χ0n) is 46.5. The predicted molar refractivity (Wildman–Crippen MR) is 358 cm³/mol. The van der Waals surface area contributed by atoms with Crippen LogP contribution < -0.4 is 9.80 Å². The number of nitrogens with zero attached hydrogens (tertiary/aromatic N) is 4. The summed E-state index contributed by atoms with van der Waals surface area (Å²) >= 11 is 0. The number of aromatic nitrogens is 2. The molecule has 17 rings (SSSR count). The van der Waals surface area contributed by atoms with Crippen LogP contribution >= 0.6 is 0 Å². The molecule has 0 aliphatic heterocycles. The number of oxazole rings is 2. The number of fused-ring (bicyclic) bond motifs is 11. The summed E-state index contributed by atoms with van der Waals surface area (Å²) in [7, 11) is 0. The second kappa shape index (κ2) is 20.1.